The smallest absolute Gasteiger partial charge is 0.0824 e. The van der Waals surface area contributed by atoms with E-state index in [1.54, 1.807) is 0 Å². The van der Waals surface area contributed by atoms with E-state index in [1.807, 2.05) is 18.2 Å². The Bertz CT molecular complexity index is 375. The molecule has 15 heavy (non-hydrogen) atoms. The van der Waals surface area contributed by atoms with Crippen LogP contribution in [0.1, 0.15) is 36.5 Å². The minimum absolute atomic E-state index is 0.279. The minimum atomic E-state index is -0.279. The first-order valence-electron chi connectivity index (χ1n) is 5.52. The molecule has 2 unspecified atom stereocenters. The monoisotopic (exact) mass is 200 g/mol. The van der Waals surface area contributed by atoms with E-state index in [9.17, 15) is 5.11 Å². The molecule has 2 rings (SSSR count). The van der Waals surface area contributed by atoms with Crippen LogP contribution in [0.5, 0.6) is 0 Å². The number of terminal acetylenes is 1. The molecule has 1 nitrogen and oxygen atoms in total. The van der Waals surface area contributed by atoms with Gasteiger partial charge in [-0.05, 0) is 36.3 Å². The zero-order chi connectivity index (χ0) is 10.7. The van der Waals surface area contributed by atoms with Crippen LogP contribution < -0.4 is 0 Å². The van der Waals surface area contributed by atoms with E-state index in [1.165, 1.54) is 5.56 Å². The fraction of sp³-hybridized carbons (Fsp3) is 0.429. The Morgan fingerprint density at radius 2 is 2.20 bits per heavy atom. The molecule has 0 fully saturated rings. The van der Waals surface area contributed by atoms with E-state index in [0.717, 1.165) is 31.2 Å². The quantitative estimate of drug-likeness (QED) is 0.587. The molecule has 1 aromatic carbocycles. The Kier molecular flexibility index (Phi) is 3.08. The standard InChI is InChI=1S/C14H16O/c1-2-3-4-8-12-10-11-7-5-6-9-13(11)14(12)15/h1,5-7,9,12,14-15H,3-4,8,10H2. The number of aliphatic hydroxyl groups excluding tert-OH is 1. The Morgan fingerprint density at radius 3 is 2.93 bits per heavy atom. The summed E-state index contributed by atoms with van der Waals surface area (Å²) < 4.78 is 0. The molecular formula is C14H16O. The second kappa shape index (κ2) is 4.51. The van der Waals surface area contributed by atoms with Crippen molar-refractivity contribution in [2.45, 2.75) is 31.8 Å². The summed E-state index contributed by atoms with van der Waals surface area (Å²) in [5.41, 5.74) is 2.42. The fourth-order valence-electron chi connectivity index (χ4n) is 2.38. The van der Waals surface area contributed by atoms with Crippen molar-refractivity contribution in [3.63, 3.8) is 0 Å². The van der Waals surface area contributed by atoms with Gasteiger partial charge in [0.25, 0.3) is 0 Å². The molecule has 0 aromatic heterocycles. The highest BCUT2D eigenvalue weighted by Gasteiger charge is 2.29. The highest BCUT2D eigenvalue weighted by Crippen LogP contribution is 2.38. The van der Waals surface area contributed by atoms with E-state index in [4.69, 9.17) is 6.42 Å². The lowest BCUT2D eigenvalue weighted by molar-refractivity contribution is 0.117. The molecule has 0 amide bonds. The van der Waals surface area contributed by atoms with Gasteiger partial charge in [0.15, 0.2) is 0 Å². The third kappa shape index (κ3) is 2.06. The molecule has 1 heteroatoms. The number of rotatable bonds is 3. The second-order valence-electron chi connectivity index (χ2n) is 4.20. The Labute approximate surface area is 91.1 Å². The van der Waals surface area contributed by atoms with Crippen LogP contribution in [0.25, 0.3) is 0 Å². The number of fused-ring (bicyclic) bond motifs is 1. The lowest BCUT2D eigenvalue weighted by Gasteiger charge is -2.13. The predicted molar refractivity (Wildman–Crippen MR) is 61.3 cm³/mol. The van der Waals surface area contributed by atoms with Crippen LogP contribution in [0.2, 0.25) is 0 Å². The maximum atomic E-state index is 10.1. The van der Waals surface area contributed by atoms with Gasteiger partial charge in [-0.3, -0.25) is 0 Å². The highest BCUT2D eigenvalue weighted by atomic mass is 16.3. The highest BCUT2D eigenvalue weighted by molar-refractivity contribution is 5.34. The fourth-order valence-corrected chi connectivity index (χ4v) is 2.38. The Hall–Kier alpha value is -1.26. The van der Waals surface area contributed by atoms with Crippen molar-refractivity contribution in [1.82, 2.24) is 0 Å². The van der Waals surface area contributed by atoms with Crippen LogP contribution in [0.15, 0.2) is 24.3 Å². The number of hydrogen-bond acceptors (Lipinski definition) is 1. The van der Waals surface area contributed by atoms with Crippen molar-refractivity contribution in [2.75, 3.05) is 0 Å². The average Bonchev–Trinajstić information content (AvgIpc) is 2.57. The van der Waals surface area contributed by atoms with Crippen molar-refractivity contribution in [3.8, 4) is 12.3 Å². The van der Waals surface area contributed by atoms with E-state index in [-0.39, 0.29) is 6.10 Å². The van der Waals surface area contributed by atoms with Crippen molar-refractivity contribution in [2.24, 2.45) is 5.92 Å². The van der Waals surface area contributed by atoms with E-state index in [2.05, 4.69) is 12.0 Å². The Balaban J connectivity index is 2.01. The number of unbranched alkanes of at least 4 members (excludes halogenated alkanes) is 1. The predicted octanol–water partition coefficient (Wildman–Crippen LogP) is 2.70. The topological polar surface area (TPSA) is 20.2 Å². The summed E-state index contributed by atoms with van der Waals surface area (Å²) in [6, 6.07) is 8.17. The zero-order valence-electron chi connectivity index (χ0n) is 8.82. The lowest BCUT2D eigenvalue weighted by atomic mass is 9.97. The average molecular weight is 200 g/mol. The molecule has 0 saturated heterocycles. The SMILES string of the molecule is C#CCCCC1Cc2ccccc2C1O. The largest absolute Gasteiger partial charge is 0.388 e. The maximum absolute atomic E-state index is 10.1. The van der Waals surface area contributed by atoms with Gasteiger partial charge in [0.1, 0.15) is 0 Å². The van der Waals surface area contributed by atoms with Crippen LogP contribution in [0.3, 0.4) is 0 Å². The summed E-state index contributed by atoms with van der Waals surface area (Å²) in [5.74, 6) is 3.02. The van der Waals surface area contributed by atoms with Crippen LogP contribution >= 0.6 is 0 Å². The molecule has 0 bridgehead atoms. The summed E-state index contributed by atoms with van der Waals surface area (Å²) in [6.07, 6.45) is 8.81. The van der Waals surface area contributed by atoms with Crippen molar-refractivity contribution in [3.05, 3.63) is 35.4 Å². The number of benzene rings is 1. The summed E-state index contributed by atoms with van der Waals surface area (Å²) in [6.45, 7) is 0. The van der Waals surface area contributed by atoms with E-state index in [0.29, 0.717) is 5.92 Å². The van der Waals surface area contributed by atoms with E-state index >= 15 is 0 Å². The van der Waals surface area contributed by atoms with Crippen LogP contribution in [-0.4, -0.2) is 5.11 Å². The summed E-state index contributed by atoms with van der Waals surface area (Å²) in [4.78, 5) is 0. The van der Waals surface area contributed by atoms with Crippen LogP contribution in [-0.2, 0) is 6.42 Å². The molecule has 0 spiro atoms. The first-order chi connectivity index (χ1) is 7.33. The molecule has 1 aliphatic carbocycles. The number of hydrogen-bond donors (Lipinski definition) is 1. The van der Waals surface area contributed by atoms with Gasteiger partial charge in [-0.2, -0.15) is 0 Å². The summed E-state index contributed by atoms with van der Waals surface area (Å²) >= 11 is 0. The molecule has 1 N–H and O–H groups in total. The van der Waals surface area contributed by atoms with Crippen molar-refractivity contribution in [1.29, 1.82) is 0 Å². The van der Waals surface area contributed by atoms with Gasteiger partial charge in [0.2, 0.25) is 0 Å². The molecule has 0 saturated carbocycles. The first kappa shape index (κ1) is 10.3. The van der Waals surface area contributed by atoms with Gasteiger partial charge in [-0.25, -0.2) is 0 Å². The van der Waals surface area contributed by atoms with Gasteiger partial charge in [0, 0.05) is 6.42 Å². The third-order valence-electron chi connectivity index (χ3n) is 3.20. The molecular weight excluding hydrogens is 184 g/mol. The van der Waals surface area contributed by atoms with E-state index < -0.39 is 0 Å². The molecule has 1 aliphatic rings. The van der Waals surface area contributed by atoms with Gasteiger partial charge in [0.05, 0.1) is 6.10 Å². The minimum Gasteiger partial charge on any atom is -0.388 e. The Morgan fingerprint density at radius 1 is 1.40 bits per heavy atom. The van der Waals surface area contributed by atoms with Gasteiger partial charge < -0.3 is 5.11 Å². The molecule has 78 valence electrons. The summed E-state index contributed by atoms with van der Waals surface area (Å²) in [5, 5.41) is 10.1. The van der Waals surface area contributed by atoms with Crippen molar-refractivity contribution < 1.29 is 5.11 Å². The molecule has 0 aliphatic heterocycles. The molecule has 2 atom stereocenters. The summed E-state index contributed by atoms with van der Waals surface area (Å²) in [7, 11) is 0. The van der Waals surface area contributed by atoms with Gasteiger partial charge in [-0.15, -0.1) is 12.3 Å². The van der Waals surface area contributed by atoms with Crippen LogP contribution in [0, 0.1) is 18.3 Å². The first-order valence-corrected chi connectivity index (χ1v) is 5.52. The van der Waals surface area contributed by atoms with Crippen molar-refractivity contribution >= 4 is 0 Å². The van der Waals surface area contributed by atoms with Gasteiger partial charge >= 0.3 is 0 Å². The van der Waals surface area contributed by atoms with Gasteiger partial charge in [-0.1, -0.05) is 24.3 Å². The maximum Gasteiger partial charge on any atom is 0.0824 e. The molecule has 0 radical (unpaired) electrons. The third-order valence-corrected chi connectivity index (χ3v) is 3.20. The normalized spacial score (nSPS) is 23.5. The second-order valence-corrected chi connectivity index (χ2v) is 4.20. The lowest BCUT2D eigenvalue weighted by Crippen LogP contribution is -2.06. The number of aliphatic hydroxyl groups is 1. The molecule has 1 aromatic rings. The molecule has 0 heterocycles. The van der Waals surface area contributed by atoms with Crippen LogP contribution in [0.4, 0.5) is 0 Å². The zero-order valence-corrected chi connectivity index (χ0v) is 8.82.